The van der Waals surface area contributed by atoms with Crippen LogP contribution < -0.4 is 10.6 Å². The molecule has 0 aliphatic carbocycles. The molecule has 2 heterocycles. The normalized spacial score (nSPS) is 10.5. The van der Waals surface area contributed by atoms with Crippen LogP contribution in [0.5, 0.6) is 0 Å². The number of halogens is 1. The average Bonchev–Trinajstić information content (AvgIpc) is 3.11. The first-order valence-corrected chi connectivity index (χ1v) is 7.73. The summed E-state index contributed by atoms with van der Waals surface area (Å²) in [4.78, 5) is 0. The molecule has 0 atom stereocenters. The molecule has 0 radical (unpaired) electrons. The molecule has 0 spiro atoms. The lowest BCUT2D eigenvalue weighted by Crippen LogP contribution is -2.20. The van der Waals surface area contributed by atoms with Gasteiger partial charge in [-0.05, 0) is 23.8 Å². The summed E-state index contributed by atoms with van der Waals surface area (Å²) in [5.74, 6) is 1.34. The van der Waals surface area contributed by atoms with Crippen molar-refractivity contribution in [2.75, 3.05) is 10.6 Å². The van der Waals surface area contributed by atoms with Crippen LogP contribution in [0.3, 0.4) is 0 Å². The molecule has 0 amide bonds. The summed E-state index contributed by atoms with van der Waals surface area (Å²) in [6.45, 7) is 0.599. The molecule has 0 fully saturated rings. The molecule has 2 N–H and O–H groups in total. The second-order valence-electron chi connectivity index (χ2n) is 4.94. The zero-order chi connectivity index (χ0) is 16.2. The molecule has 8 heteroatoms. The number of anilines is 2. The van der Waals surface area contributed by atoms with Crippen LogP contribution in [0.1, 0.15) is 5.56 Å². The van der Waals surface area contributed by atoms with Gasteiger partial charge in [-0.3, -0.25) is 9.36 Å². The van der Waals surface area contributed by atoms with Gasteiger partial charge in [-0.25, -0.2) is 0 Å². The molecule has 0 aliphatic heterocycles. The molecule has 23 heavy (non-hydrogen) atoms. The average molecular weight is 347 g/mol. The number of hydrogen-bond acceptors (Lipinski definition) is 3. The lowest BCUT2D eigenvalue weighted by molar-refractivity contribution is 0.690. The summed E-state index contributed by atoms with van der Waals surface area (Å²) in [5, 5.41) is 15.8. The third-order valence-corrected chi connectivity index (χ3v) is 3.70. The first kappa shape index (κ1) is 15.5. The van der Waals surface area contributed by atoms with Crippen molar-refractivity contribution < 1.29 is 0 Å². The number of aryl methyl sites for hydroxylation is 1. The van der Waals surface area contributed by atoms with Crippen LogP contribution in [0, 0.1) is 0 Å². The van der Waals surface area contributed by atoms with Gasteiger partial charge < -0.3 is 10.6 Å². The van der Waals surface area contributed by atoms with Crippen molar-refractivity contribution in [2.24, 2.45) is 7.05 Å². The van der Waals surface area contributed by atoms with Crippen LogP contribution in [-0.2, 0) is 13.6 Å². The Hall–Kier alpha value is -2.38. The molecule has 0 unspecified atom stereocenters. The summed E-state index contributed by atoms with van der Waals surface area (Å²) < 4.78 is 3.50. The fourth-order valence-corrected chi connectivity index (χ4v) is 2.47. The van der Waals surface area contributed by atoms with Gasteiger partial charge in [-0.2, -0.15) is 10.2 Å². The second-order valence-corrected chi connectivity index (χ2v) is 5.76. The molecule has 118 valence electrons. The van der Waals surface area contributed by atoms with Crippen molar-refractivity contribution in [1.29, 1.82) is 0 Å². The summed E-state index contributed by atoms with van der Waals surface area (Å²) in [5.41, 5.74) is 1.01. The third-order valence-electron chi connectivity index (χ3n) is 3.13. The van der Waals surface area contributed by atoms with Crippen molar-refractivity contribution in [3.05, 3.63) is 59.4 Å². The van der Waals surface area contributed by atoms with Crippen LogP contribution in [0.25, 0.3) is 0 Å². The first-order chi connectivity index (χ1) is 11.1. The Bertz CT molecular complexity index is 825. The Kier molecular flexibility index (Phi) is 4.59. The summed E-state index contributed by atoms with van der Waals surface area (Å²) in [7, 11) is 1.85. The molecule has 2 aromatic heterocycles. The topological polar surface area (TPSA) is 59.7 Å². The fraction of sp³-hybridized carbons (Fsp3) is 0.133. The van der Waals surface area contributed by atoms with Gasteiger partial charge in [0.25, 0.3) is 0 Å². The maximum absolute atomic E-state index is 6.16. The standard InChI is InChI=1S/C15H15ClN6S/c1-21-8-6-13(19-21)17-15(23)18-14-7-9-22(20-14)10-11-4-2-3-5-12(11)16/h2-9H,10H2,1H3,(H2,17,18,19,20,23). The fourth-order valence-electron chi connectivity index (χ4n) is 2.06. The van der Waals surface area contributed by atoms with Gasteiger partial charge in [0.05, 0.1) is 6.54 Å². The molecule has 0 bridgehead atoms. The molecule has 3 rings (SSSR count). The number of nitrogens with zero attached hydrogens (tertiary/aromatic N) is 4. The SMILES string of the molecule is Cn1ccc(NC(=S)Nc2ccn(Cc3ccccc3Cl)n2)n1. The monoisotopic (exact) mass is 346 g/mol. The van der Waals surface area contributed by atoms with E-state index in [4.69, 9.17) is 23.8 Å². The van der Waals surface area contributed by atoms with Crippen LogP contribution in [0.2, 0.25) is 5.02 Å². The molecule has 0 saturated heterocycles. The van der Waals surface area contributed by atoms with Crippen molar-refractivity contribution in [2.45, 2.75) is 6.54 Å². The Morgan fingerprint density at radius 1 is 1.09 bits per heavy atom. The van der Waals surface area contributed by atoms with Gasteiger partial charge in [0.1, 0.15) is 0 Å². The lowest BCUT2D eigenvalue weighted by Gasteiger charge is -2.06. The van der Waals surface area contributed by atoms with Crippen molar-refractivity contribution >= 4 is 40.6 Å². The van der Waals surface area contributed by atoms with E-state index in [1.807, 2.05) is 55.8 Å². The molecule has 1 aromatic carbocycles. The third kappa shape index (κ3) is 4.08. The van der Waals surface area contributed by atoms with E-state index in [1.165, 1.54) is 0 Å². The van der Waals surface area contributed by atoms with Crippen LogP contribution in [-0.4, -0.2) is 24.7 Å². The van der Waals surface area contributed by atoms with Crippen molar-refractivity contribution in [1.82, 2.24) is 19.6 Å². The Morgan fingerprint density at radius 2 is 1.78 bits per heavy atom. The minimum Gasteiger partial charge on any atom is -0.316 e. The van der Waals surface area contributed by atoms with Gasteiger partial charge in [0, 0.05) is 36.6 Å². The van der Waals surface area contributed by atoms with E-state index in [0.29, 0.717) is 23.3 Å². The maximum Gasteiger partial charge on any atom is 0.177 e. The van der Waals surface area contributed by atoms with Crippen molar-refractivity contribution in [3.63, 3.8) is 0 Å². The van der Waals surface area contributed by atoms with Gasteiger partial charge in [0.2, 0.25) is 0 Å². The smallest absolute Gasteiger partial charge is 0.177 e. The largest absolute Gasteiger partial charge is 0.316 e. The van der Waals surface area contributed by atoms with Crippen LogP contribution in [0.15, 0.2) is 48.8 Å². The van der Waals surface area contributed by atoms with E-state index < -0.39 is 0 Å². The van der Waals surface area contributed by atoms with Gasteiger partial charge >= 0.3 is 0 Å². The Morgan fingerprint density at radius 3 is 2.48 bits per heavy atom. The molecule has 6 nitrogen and oxygen atoms in total. The Balaban J connectivity index is 1.61. The maximum atomic E-state index is 6.16. The number of thiocarbonyl (C=S) groups is 1. The summed E-state index contributed by atoms with van der Waals surface area (Å²) in [6.07, 6.45) is 3.71. The summed E-state index contributed by atoms with van der Waals surface area (Å²) >= 11 is 11.4. The minimum atomic E-state index is 0.437. The number of hydrogen-bond donors (Lipinski definition) is 2. The van der Waals surface area contributed by atoms with E-state index >= 15 is 0 Å². The van der Waals surface area contributed by atoms with Gasteiger partial charge in [-0.1, -0.05) is 29.8 Å². The highest BCUT2D eigenvalue weighted by atomic mass is 35.5. The van der Waals surface area contributed by atoms with E-state index in [2.05, 4.69) is 20.8 Å². The zero-order valence-electron chi connectivity index (χ0n) is 12.4. The van der Waals surface area contributed by atoms with E-state index in [1.54, 1.807) is 9.36 Å². The highest BCUT2D eigenvalue weighted by Crippen LogP contribution is 2.16. The minimum absolute atomic E-state index is 0.437. The zero-order valence-corrected chi connectivity index (χ0v) is 14.0. The van der Waals surface area contributed by atoms with Crippen molar-refractivity contribution in [3.8, 4) is 0 Å². The number of rotatable bonds is 4. The molecule has 0 aliphatic rings. The first-order valence-electron chi connectivity index (χ1n) is 6.95. The molecule has 0 saturated carbocycles. The summed E-state index contributed by atoms with van der Waals surface area (Å²) in [6, 6.07) is 11.4. The van der Waals surface area contributed by atoms with Crippen LogP contribution in [0.4, 0.5) is 11.6 Å². The predicted octanol–water partition coefficient (Wildman–Crippen LogP) is 3.13. The highest BCUT2D eigenvalue weighted by molar-refractivity contribution is 7.80. The number of aromatic nitrogens is 4. The van der Waals surface area contributed by atoms with E-state index in [-0.39, 0.29) is 0 Å². The van der Waals surface area contributed by atoms with Gasteiger partial charge in [-0.15, -0.1) is 0 Å². The predicted molar refractivity (Wildman–Crippen MR) is 95.8 cm³/mol. The van der Waals surface area contributed by atoms with Gasteiger partial charge in [0.15, 0.2) is 16.7 Å². The van der Waals surface area contributed by atoms with Crippen LogP contribution >= 0.6 is 23.8 Å². The lowest BCUT2D eigenvalue weighted by atomic mass is 10.2. The Labute approximate surface area is 144 Å². The van der Waals surface area contributed by atoms with E-state index in [9.17, 15) is 0 Å². The molecule has 3 aromatic rings. The second kappa shape index (κ2) is 6.80. The molecular formula is C15H15ClN6S. The number of nitrogens with one attached hydrogen (secondary N) is 2. The quantitative estimate of drug-likeness (QED) is 0.711. The highest BCUT2D eigenvalue weighted by Gasteiger charge is 2.05. The van der Waals surface area contributed by atoms with E-state index in [0.717, 1.165) is 10.6 Å². The number of benzene rings is 1. The molecular weight excluding hydrogens is 332 g/mol.